The van der Waals surface area contributed by atoms with Crippen molar-refractivity contribution in [1.82, 2.24) is 20.3 Å². The number of nitrogens with zero attached hydrogens (tertiary/aromatic N) is 4. The van der Waals surface area contributed by atoms with Crippen LogP contribution >= 0.6 is 0 Å². The summed E-state index contributed by atoms with van der Waals surface area (Å²) in [5, 5.41) is 2.85. The number of hydrogen-bond donors (Lipinski definition) is 1. The number of piperidine rings is 1. The van der Waals surface area contributed by atoms with Crippen LogP contribution in [0.5, 0.6) is 0 Å². The third-order valence-corrected chi connectivity index (χ3v) is 5.11. The maximum absolute atomic E-state index is 12.4. The fourth-order valence-corrected chi connectivity index (χ4v) is 3.65. The lowest BCUT2D eigenvalue weighted by atomic mass is 9.96. The van der Waals surface area contributed by atoms with Crippen LogP contribution in [0.4, 0.5) is 5.82 Å². The van der Waals surface area contributed by atoms with Gasteiger partial charge in [-0.3, -0.25) is 14.6 Å². The summed E-state index contributed by atoms with van der Waals surface area (Å²) < 4.78 is 4.87. The van der Waals surface area contributed by atoms with Crippen molar-refractivity contribution in [2.45, 2.75) is 19.3 Å². The number of amides is 1. The molecule has 2 aliphatic heterocycles. The molecule has 4 heterocycles. The van der Waals surface area contributed by atoms with E-state index < -0.39 is 0 Å². The molecular weight excluding hydrogens is 346 g/mol. The summed E-state index contributed by atoms with van der Waals surface area (Å²) in [6.45, 7) is 1.96. The van der Waals surface area contributed by atoms with Crippen molar-refractivity contribution in [3.8, 4) is 11.4 Å². The van der Waals surface area contributed by atoms with Gasteiger partial charge in [0, 0.05) is 43.2 Å². The van der Waals surface area contributed by atoms with Crippen LogP contribution in [0.2, 0.25) is 0 Å². The Labute approximate surface area is 157 Å². The lowest BCUT2D eigenvalue weighted by molar-refractivity contribution is -0.146. The Morgan fingerprint density at radius 1 is 1.30 bits per heavy atom. The average Bonchev–Trinajstić information content (AvgIpc) is 2.73. The Balaban J connectivity index is 1.70. The summed E-state index contributed by atoms with van der Waals surface area (Å²) in [6.07, 6.45) is 5.49. The number of esters is 1. The molecule has 0 aliphatic carbocycles. The van der Waals surface area contributed by atoms with E-state index in [0.717, 1.165) is 16.9 Å². The smallest absolute Gasteiger partial charge is 0.308 e. The van der Waals surface area contributed by atoms with Crippen LogP contribution in [0, 0.1) is 5.92 Å². The molecule has 1 fully saturated rings. The lowest BCUT2D eigenvalue weighted by Crippen LogP contribution is -2.40. The van der Waals surface area contributed by atoms with Gasteiger partial charge in [-0.05, 0) is 31.4 Å². The second-order valence-corrected chi connectivity index (χ2v) is 6.73. The summed E-state index contributed by atoms with van der Waals surface area (Å²) in [7, 11) is 1.42. The fourth-order valence-electron chi connectivity index (χ4n) is 3.65. The van der Waals surface area contributed by atoms with Crippen LogP contribution in [-0.2, 0) is 16.0 Å². The molecule has 1 N–H and O–H groups in total. The van der Waals surface area contributed by atoms with Gasteiger partial charge in [0.2, 0.25) is 0 Å². The van der Waals surface area contributed by atoms with Crippen molar-refractivity contribution in [3.05, 3.63) is 35.8 Å². The highest BCUT2D eigenvalue weighted by molar-refractivity contribution is 5.96. The number of nitrogens with one attached hydrogen (secondary N) is 1. The second kappa shape index (κ2) is 7.30. The Hall–Kier alpha value is -3.03. The van der Waals surface area contributed by atoms with E-state index in [9.17, 15) is 9.59 Å². The Morgan fingerprint density at radius 3 is 2.81 bits per heavy atom. The highest BCUT2D eigenvalue weighted by Crippen LogP contribution is 2.30. The molecule has 0 unspecified atom stereocenters. The number of aromatic nitrogens is 3. The van der Waals surface area contributed by atoms with E-state index >= 15 is 0 Å². The number of carbonyl (C=O) groups is 2. The van der Waals surface area contributed by atoms with Gasteiger partial charge < -0.3 is 15.0 Å². The van der Waals surface area contributed by atoms with Crippen LogP contribution < -0.4 is 10.2 Å². The number of carbonyl (C=O) groups excluding carboxylic acids is 2. The van der Waals surface area contributed by atoms with Crippen LogP contribution in [0.15, 0.2) is 24.5 Å². The van der Waals surface area contributed by atoms with Crippen molar-refractivity contribution < 1.29 is 14.3 Å². The molecule has 2 aromatic heterocycles. The second-order valence-electron chi connectivity index (χ2n) is 6.73. The average molecular weight is 367 g/mol. The molecule has 0 saturated carbocycles. The first kappa shape index (κ1) is 17.4. The van der Waals surface area contributed by atoms with Crippen molar-refractivity contribution in [2.75, 3.05) is 31.6 Å². The molecule has 27 heavy (non-hydrogen) atoms. The first-order valence-electron chi connectivity index (χ1n) is 9.09. The SMILES string of the molecule is COC(=O)C1CCN(c2nc(-c3cccnc3)nc3c2CCNC3=O)CC1. The van der Waals surface area contributed by atoms with E-state index in [1.807, 2.05) is 12.1 Å². The van der Waals surface area contributed by atoms with E-state index in [-0.39, 0.29) is 17.8 Å². The van der Waals surface area contributed by atoms with E-state index in [2.05, 4.69) is 20.2 Å². The zero-order valence-electron chi connectivity index (χ0n) is 15.1. The Morgan fingerprint density at radius 2 is 2.11 bits per heavy atom. The third kappa shape index (κ3) is 3.34. The topological polar surface area (TPSA) is 97.3 Å². The first-order chi connectivity index (χ1) is 13.2. The number of ether oxygens (including phenoxy) is 1. The molecule has 1 saturated heterocycles. The van der Waals surface area contributed by atoms with Crippen molar-refractivity contribution in [1.29, 1.82) is 0 Å². The van der Waals surface area contributed by atoms with Gasteiger partial charge in [-0.1, -0.05) is 0 Å². The Bertz CT molecular complexity index is 863. The van der Waals surface area contributed by atoms with E-state index in [1.165, 1.54) is 7.11 Å². The van der Waals surface area contributed by atoms with Gasteiger partial charge in [0.25, 0.3) is 5.91 Å². The van der Waals surface area contributed by atoms with E-state index in [0.29, 0.717) is 50.4 Å². The number of methoxy groups -OCH3 is 1. The summed E-state index contributed by atoms with van der Waals surface area (Å²) in [6, 6.07) is 3.70. The van der Waals surface area contributed by atoms with Gasteiger partial charge in [-0.15, -0.1) is 0 Å². The largest absolute Gasteiger partial charge is 0.469 e. The quantitative estimate of drug-likeness (QED) is 0.815. The van der Waals surface area contributed by atoms with E-state index in [4.69, 9.17) is 9.72 Å². The molecule has 0 aromatic carbocycles. The molecular formula is C19H21N5O3. The summed E-state index contributed by atoms with van der Waals surface area (Å²) in [4.78, 5) is 39.8. The molecule has 140 valence electrons. The summed E-state index contributed by atoms with van der Waals surface area (Å²) in [5.74, 6) is 0.871. The predicted molar refractivity (Wildman–Crippen MR) is 98.3 cm³/mol. The van der Waals surface area contributed by atoms with E-state index in [1.54, 1.807) is 12.4 Å². The van der Waals surface area contributed by atoms with Gasteiger partial charge in [0.05, 0.1) is 13.0 Å². The van der Waals surface area contributed by atoms with Gasteiger partial charge in [-0.25, -0.2) is 9.97 Å². The maximum atomic E-state index is 12.4. The monoisotopic (exact) mass is 367 g/mol. The molecule has 0 spiro atoms. The number of fused-ring (bicyclic) bond motifs is 1. The normalized spacial score (nSPS) is 17.2. The number of pyridine rings is 1. The highest BCUT2D eigenvalue weighted by Gasteiger charge is 2.31. The van der Waals surface area contributed by atoms with Crippen molar-refractivity contribution in [2.24, 2.45) is 5.92 Å². The Kier molecular flexibility index (Phi) is 4.70. The van der Waals surface area contributed by atoms with Crippen LogP contribution in [0.25, 0.3) is 11.4 Å². The van der Waals surface area contributed by atoms with Crippen molar-refractivity contribution in [3.63, 3.8) is 0 Å². The molecule has 0 atom stereocenters. The standard InChI is InChI=1S/C19H21N5O3/c1-27-19(26)12-5-9-24(10-6-12)17-14-4-8-21-18(25)15(14)22-16(23-17)13-3-2-7-20-11-13/h2-3,7,11-12H,4-6,8-10H2,1H3,(H,21,25). The lowest BCUT2D eigenvalue weighted by Gasteiger charge is -2.34. The third-order valence-electron chi connectivity index (χ3n) is 5.11. The number of hydrogen-bond acceptors (Lipinski definition) is 7. The molecule has 8 nitrogen and oxygen atoms in total. The van der Waals surface area contributed by atoms with Gasteiger partial charge in [-0.2, -0.15) is 0 Å². The molecule has 1 amide bonds. The summed E-state index contributed by atoms with van der Waals surface area (Å²) >= 11 is 0. The zero-order valence-corrected chi connectivity index (χ0v) is 15.1. The van der Waals surface area contributed by atoms with Crippen LogP contribution in [0.1, 0.15) is 28.9 Å². The zero-order chi connectivity index (χ0) is 18.8. The summed E-state index contributed by atoms with van der Waals surface area (Å²) in [5.41, 5.74) is 2.08. The minimum Gasteiger partial charge on any atom is -0.469 e. The minimum absolute atomic E-state index is 0.0787. The molecule has 4 rings (SSSR count). The first-order valence-corrected chi connectivity index (χ1v) is 9.09. The van der Waals surface area contributed by atoms with Crippen LogP contribution in [0.3, 0.4) is 0 Å². The van der Waals surface area contributed by atoms with Gasteiger partial charge in [0.1, 0.15) is 11.5 Å². The number of rotatable bonds is 3. The molecule has 0 bridgehead atoms. The number of anilines is 1. The van der Waals surface area contributed by atoms with Crippen LogP contribution in [-0.4, -0.2) is 53.6 Å². The van der Waals surface area contributed by atoms with Crippen molar-refractivity contribution >= 4 is 17.7 Å². The molecule has 2 aromatic rings. The fraction of sp³-hybridized carbons (Fsp3) is 0.421. The highest BCUT2D eigenvalue weighted by atomic mass is 16.5. The maximum Gasteiger partial charge on any atom is 0.308 e. The molecule has 0 radical (unpaired) electrons. The predicted octanol–water partition coefficient (Wildman–Crippen LogP) is 1.21. The van der Waals surface area contributed by atoms with Gasteiger partial charge in [0.15, 0.2) is 5.82 Å². The molecule has 8 heteroatoms. The molecule has 2 aliphatic rings. The minimum atomic E-state index is -0.172. The van der Waals surface area contributed by atoms with Gasteiger partial charge >= 0.3 is 5.97 Å².